The summed E-state index contributed by atoms with van der Waals surface area (Å²) in [5, 5.41) is 4.21. The summed E-state index contributed by atoms with van der Waals surface area (Å²) in [5.41, 5.74) is 8.40. The van der Waals surface area contributed by atoms with E-state index >= 15 is 0 Å². The number of fused-ring (bicyclic) bond motifs is 1. The summed E-state index contributed by atoms with van der Waals surface area (Å²) in [6, 6.07) is 10.5. The highest BCUT2D eigenvalue weighted by Gasteiger charge is 2.14. The number of anilines is 1. The number of pyridine rings is 2. The van der Waals surface area contributed by atoms with Gasteiger partial charge in [-0.05, 0) is 47.5 Å². The molecule has 3 aromatic heterocycles. The first-order valence-corrected chi connectivity index (χ1v) is 7.14. The predicted molar refractivity (Wildman–Crippen MR) is 86.0 cm³/mol. The van der Waals surface area contributed by atoms with Crippen molar-refractivity contribution in [1.29, 1.82) is 0 Å². The van der Waals surface area contributed by atoms with Crippen LogP contribution in [0.5, 0.6) is 0 Å². The lowest BCUT2D eigenvalue weighted by molar-refractivity contribution is 0.585. The Kier molecular flexibility index (Phi) is 3.19. The number of nitrogens with two attached hydrogens (primary N) is 1. The first-order chi connectivity index (χ1) is 11.6. The third kappa shape index (κ3) is 2.36. The zero-order chi connectivity index (χ0) is 16.7. The lowest BCUT2D eigenvalue weighted by Gasteiger charge is -2.03. The van der Waals surface area contributed by atoms with E-state index in [1.54, 1.807) is 24.5 Å². The molecule has 0 aliphatic heterocycles. The summed E-state index contributed by atoms with van der Waals surface area (Å²) < 4.78 is 28.4. The van der Waals surface area contributed by atoms with Gasteiger partial charge < -0.3 is 5.73 Å². The minimum Gasteiger partial charge on any atom is -0.384 e. The summed E-state index contributed by atoms with van der Waals surface area (Å²) in [4.78, 5) is 8.29. The Morgan fingerprint density at radius 2 is 1.71 bits per heavy atom. The Balaban J connectivity index is 1.88. The van der Waals surface area contributed by atoms with Crippen molar-refractivity contribution in [3.63, 3.8) is 0 Å². The van der Waals surface area contributed by atoms with Crippen LogP contribution in [0.2, 0.25) is 0 Å². The molecule has 4 aromatic rings. The number of aromatic nitrogens is 4. The number of halogens is 2. The van der Waals surface area contributed by atoms with Crippen molar-refractivity contribution in [3.8, 4) is 22.5 Å². The monoisotopic (exact) mass is 323 g/mol. The van der Waals surface area contributed by atoms with Crippen molar-refractivity contribution >= 4 is 11.5 Å². The van der Waals surface area contributed by atoms with Crippen molar-refractivity contribution in [2.24, 2.45) is 0 Å². The maximum atomic E-state index is 13.9. The fourth-order valence-electron chi connectivity index (χ4n) is 2.50. The van der Waals surface area contributed by atoms with Gasteiger partial charge in [0.25, 0.3) is 0 Å². The number of rotatable bonds is 2. The van der Waals surface area contributed by atoms with Crippen LogP contribution >= 0.6 is 0 Å². The summed E-state index contributed by atoms with van der Waals surface area (Å²) in [5.74, 6) is -0.870. The summed E-state index contributed by atoms with van der Waals surface area (Å²) >= 11 is 0. The summed E-state index contributed by atoms with van der Waals surface area (Å²) in [6.45, 7) is 0. The molecule has 5 nitrogen and oxygen atoms in total. The normalized spacial score (nSPS) is 11.1. The van der Waals surface area contributed by atoms with E-state index in [0.717, 1.165) is 23.3 Å². The first kappa shape index (κ1) is 14.3. The smallest absolute Gasteiger partial charge is 0.185 e. The molecule has 4 rings (SSSR count). The van der Waals surface area contributed by atoms with Crippen LogP contribution in [0.15, 0.2) is 54.9 Å². The predicted octanol–water partition coefficient (Wildman–Crippen LogP) is 3.32. The van der Waals surface area contributed by atoms with E-state index in [1.165, 1.54) is 10.6 Å². The molecule has 0 saturated carbocycles. The van der Waals surface area contributed by atoms with Gasteiger partial charge in [0, 0.05) is 18.5 Å². The van der Waals surface area contributed by atoms with Gasteiger partial charge in [-0.25, -0.2) is 13.8 Å². The van der Waals surface area contributed by atoms with Crippen LogP contribution in [0.4, 0.5) is 14.6 Å². The zero-order valence-corrected chi connectivity index (χ0v) is 12.3. The molecule has 7 heteroatoms. The quantitative estimate of drug-likeness (QED) is 0.614. The molecule has 0 saturated heterocycles. The number of benzene rings is 1. The average Bonchev–Trinajstić information content (AvgIpc) is 3.00. The standard InChI is InChI=1S/C17H11F2N5/c18-12-1-2-13(14(19)9-12)17-22-16-8-11(7-15(20)24(16)23-17)10-3-5-21-6-4-10/h1-9H,20H2. The molecule has 0 fully saturated rings. The van der Waals surface area contributed by atoms with Gasteiger partial charge in [-0.1, -0.05) is 0 Å². The number of nitrogens with zero attached hydrogens (tertiary/aromatic N) is 4. The van der Waals surface area contributed by atoms with Crippen LogP contribution in [0.25, 0.3) is 28.2 Å². The van der Waals surface area contributed by atoms with Gasteiger partial charge in [0.05, 0.1) is 5.56 Å². The lowest BCUT2D eigenvalue weighted by Crippen LogP contribution is -1.99. The van der Waals surface area contributed by atoms with Crippen LogP contribution in [-0.4, -0.2) is 19.6 Å². The molecule has 2 N–H and O–H groups in total. The van der Waals surface area contributed by atoms with Gasteiger partial charge in [-0.3, -0.25) is 4.98 Å². The van der Waals surface area contributed by atoms with Gasteiger partial charge in [0.2, 0.25) is 0 Å². The van der Waals surface area contributed by atoms with E-state index in [2.05, 4.69) is 15.1 Å². The summed E-state index contributed by atoms with van der Waals surface area (Å²) in [6.07, 6.45) is 3.36. The SMILES string of the molecule is Nc1cc(-c2ccncc2)cc2nc(-c3ccc(F)cc3F)nn12. The lowest BCUT2D eigenvalue weighted by atomic mass is 10.1. The van der Waals surface area contributed by atoms with E-state index in [4.69, 9.17) is 5.73 Å². The van der Waals surface area contributed by atoms with Gasteiger partial charge in [0.15, 0.2) is 11.5 Å². The van der Waals surface area contributed by atoms with Crippen molar-refractivity contribution in [3.05, 3.63) is 66.5 Å². The van der Waals surface area contributed by atoms with Gasteiger partial charge in [-0.2, -0.15) is 4.52 Å². The van der Waals surface area contributed by atoms with Crippen LogP contribution in [-0.2, 0) is 0 Å². The summed E-state index contributed by atoms with van der Waals surface area (Å²) in [7, 11) is 0. The van der Waals surface area contributed by atoms with Gasteiger partial charge >= 0.3 is 0 Å². The van der Waals surface area contributed by atoms with Crippen LogP contribution in [0, 0.1) is 11.6 Å². The highest BCUT2D eigenvalue weighted by atomic mass is 19.1. The molecule has 3 heterocycles. The minimum atomic E-state index is -0.723. The highest BCUT2D eigenvalue weighted by Crippen LogP contribution is 2.26. The third-order valence-electron chi connectivity index (χ3n) is 3.65. The Bertz CT molecular complexity index is 1040. The molecular formula is C17H11F2N5. The fraction of sp³-hybridized carbons (Fsp3) is 0. The second-order valence-corrected chi connectivity index (χ2v) is 5.23. The molecule has 0 aliphatic rings. The topological polar surface area (TPSA) is 69.1 Å². The van der Waals surface area contributed by atoms with Crippen molar-refractivity contribution < 1.29 is 8.78 Å². The molecule has 0 unspecified atom stereocenters. The molecule has 0 amide bonds. The molecule has 0 atom stereocenters. The number of hydrogen-bond acceptors (Lipinski definition) is 4. The van der Waals surface area contributed by atoms with E-state index in [9.17, 15) is 8.78 Å². The van der Waals surface area contributed by atoms with Crippen molar-refractivity contribution in [2.75, 3.05) is 5.73 Å². The fourth-order valence-corrected chi connectivity index (χ4v) is 2.50. The molecule has 0 radical (unpaired) electrons. The molecule has 118 valence electrons. The van der Waals surface area contributed by atoms with E-state index in [1.807, 2.05) is 12.1 Å². The largest absolute Gasteiger partial charge is 0.384 e. The van der Waals surface area contributed by atoms with Crippen LogP contribution in [0.1, 0.15) is 0 Å². The maximum absolute atomic E-state index is 13.9. The third-order valence-corrected chi connectivity index (χ3v) is 3.65. The average molecular weight is 323 g/mol. The second-order valence-electron chi connectivity index (χ2n) is 5.23. The Morgan fingerprint density at radius 1 is 0.917 bits per heavy atom. The molecule has 0 aliphatic carbocycles. The number of nitrogen functional groups attached to an aromatic ring is 1. The molecule has 1 aromatic carbocycles. The molecule has 0 spiro atoms. The Labute approximate surface area is 135 Å². The van der Waals surface area contributed by atoms with E-state index in [0.29, 0.717) is 11.5 Å². The van der Waals surface area contributed by atoms with E-state index < -0.39 is 11.6 Å². The van der Waals surface area contributed by atoms with Crippen LogP contribution in [0.3, 0.4) is 0 Å². The molecular weight excluding hydrogens is 312 g/mol. The second kappa shape index (κ2) is 5.38. The van der Waals surface area contributed by atoms with E-state index in [-0.39, 0.29) is 11.4 Å². The Hall–Kier alpha value is -3.35. The molecule has 0 bridgehead atoms. The first-order valence-electron chi connectivity index (χ1n) is 7.14. The highest BCUT2D eigenvalue weighted by molar-refractivity contribution is 5.72. The van der Waals surface area contributed by atoms with Crippen molar-refractivity contribution in [2.45, 2.75) is 0 Å². The minimum absolute atomic E-state index is 0.116. The Morgan fingerprint density at radius 3 is 2.46 bits per heavy atom. The van der Waals surface area contributed by atoms with Gasteiger partial charge in [0.1, 0.15) is 17.5 Å². The van der Waals surface area contributed by atoms with Gasteiger partial charge in [-0.15, -0.1) is 5.10 Å². The van der Waals surface area contributed by atoms with Crippen molar-refractivity contribution in [1.82, 2.24) is 19.6 Å². The zero-order valence-electron chi connectivity index (χ0n) is 12.3. The number of hydrogen-bond donors (Lipinski definition) is 1. The molecule has 24 heavy (non-hydrogen) atoms. The maximum Gasteiger partial charge on any atom is 0.185 e. The van der Waals surface area contributed by atoms with Crippen LogP contribution < -0.4 is 5.73 Å².